The summed E-state index contributed by atoms with van der Waals surface area (Å²) in [4.78, 5) is 20.7. The molecule has 1 amide bonds. The van der Waals surface area contributed by atoms with Gasteiger partial charge in [0.15, 0.2) is 5.96 Å². The molecule has 6 heteroatoms. The van der Waals surface area contributed by atoms with Crippen LogP contribution in [-0.2, 0) is 4.74 Å². The SMILES string of the molecule is CCNC(=NC)N1CCC(CN(CC)C(=O)OC(C)(C)C)CC1. The number of amides is 1. The highest BCUT2D eigenvalue weighted by molar-refractivity contribution is 5.79. The van der Waals surface area contributed by atoms with Crippen molar-refractivity contribution in [1.29, 1.82) is 0 Å². The Balaban J connectivity index is 2.49. The number of rotatable bonds is 4. The molecule has 0 spiro atoms. The molecule has 0 saturated carbocycles. The molecule has 0 radical (unpaired) electrons. The molecule has 1 aliphatic rings. The van der Waals surface area contributed by atoms with E-state index in [2.05, 4.69) is 22.1 Å². The molecule has 0 bridgehead atoms. The first-order valence-electron chi connectivity index (χ1n) is 8.74. The number of ether oxygens (including phenoxy) is 1. The summed E-state index contributed by atoms with van der Waals surface area (Å²) in [7, 11) is 1.82. The van der Waals surface area contributed by atoms with Gasteiger partial charge in [0.05, 0.1) is 0 Å². The summed E-state index contributed by atoms with van der Waals surface area (Å²) in [6.45, 7) is 14.1. The third kappa shape index (κ3) is 6.67. The summed E-state index contributed by atoms with van der Waals surface area (Å²) in [6, 6.07) is 0. The predicted molar refractivity (Wildman–Crippen MR) is 94.8 cm³/mol. The van der Waals surface area contributed by atoms with E-state index in [9.17, 15) is 4.79 Å². The summed E-state index contributed by atoms with van der Waals surface area (Å²) in [5, 5.41) is 3.30. The molecule has 0 unspecified atom stereocenters. The summed E-state index contributed by atoms with van der Waals surface area (Å²) < 4.78 is 5.49. The van der Waals surface area contributed by atoms with Crippen LogP contribution in [0.1, 0.15) is 47.5 Å². The van der Waals surface area contributed by atoms with Crippen LogP contribution in [0.15, 0.2) is 4.99 Å². The predicted octanol–water partition coefficient (Wildman–Crippen LogP) is 2.55. The van der Waals surface area contributed by atoms with Crippen LogP contribution in [0.25, 0.3) is 0 Å². The number of carbonyl (C=O) groups excluding carboxylic acids is 1. The van der Waals surface area contributed by atoms with E-state index in [0.29, 0.717) is 12.5 Å². The van der Waals surface area contributed by atoms with Crippen molar-refractivity contribution in [1.82, 2.24) is 15.1 Å². The second-order valence-corrected chi connectivity index (χ2v) is 7.03. The maximum atomic E-state index is 12.2. The third-order valence-corrected chi connectivity index (χ3v) is 3.97. The molecular formula is C17H34N4O2. The second kappa shape index (κ2) is 8.99. The first-order chi connectivity index (χ1) is 10.8. The minimum absolute atomic E-state index is 0.203. The fourth-order valence-electron chi connectivity index (χ4n) is 2.79. The average molecular weight is 326 g/mol. The molecule has 0 aliphatic carbocycles. The highest BCUT2D eigenvalue weighted by Crippen LogP contribution is 2.20. The van der Waals surface area contributed by atoms with Crippen LogP contribution < -0.4 is 5.32 Å². The van der Waals surface area contributed by atoms with Crippen LogP contribution >= 0.6 is 0 Å². The molecule has 0 aromatic rings. The number of guanidine groups is 1. The number of aliphatic imine (C=N–C) groups is 1. The van der Waals surface area contributed by atoms with Crippen molar-refractivity contribution in [3.8, 4) is 0 Å². The van der Waals surface area contributed by atoms with Gasteiger partial charge in [-0.15, -0.1) is 0 Å². The van der Waals surface area contributed by atoms with Gasteiger partial charge in [-0.05, 0) is 53.4 Å². The molecule has 0 aromatic heterocycles. The van der Waals surface area contributed by atoms with E-state index >= 15 is 0 Å². The van der Waals surface area contributed by atoms with Crippen LogP contribution in [0.3, 0.4) is 0 Å². The smallest absolute Gasteiger partial charge is 0.410 e. The van der Waals surface area contributed by atoms with E-state index in [1.165, 1.54) is 0 Å². The summed E-state index contributed by atoms with van der Waals surface area (Å²) in [5.41, 5.74) is -0.438. The lowest BCUT2D eigenvalue weighted by atomic mass is 9.96. The fourth-order valence-corrected chi connectivity index (χ4v) is 2.79. The van der Waals surface area contributed by atoms with Crippen molar-refractivity contribution in [3.05, 3.63) is 0 Å². The molecule has 1 aliphatic heterocycles. The lowest BCUT2D eigenvalue weighted by Gasteiger charge is -2.36. The minimum Gasteiger partial charge on any atom is -0.444 e. The molecule has 23 heavy (non-hydrogen) atoms. The van der Waals surface area contributed by atoms with Crippen molar-refractivity contribution in [2.24, 2.45) is 10.9 Å². The van der Waals surface area contributed by atoms with Crippen molar-refractivity contribution in [2.45, 2.75) is 53.1 Å². The lowest BCUT2D eigenvalue weighted by molar-refractivity contribution is 0.0214. The maximum Gasteiger partial charge on any atom is 0.410 e. The standard InChI is InChI=1S/C17H34N4O2/c1-7-19-15(18-6)21-11-9-14(10-12-21)13-20(8-2)16(22)23-17(3,4)5/h14H,7-13H2,1-6H3,(H,18,19). The number of nitrogens with zero attached hydrogens (tertiary/aromatic N) is 3. The fraction of sp³-hybridized carbons (Fsp3) is 0.882. The average Bonchev–Trinajstić information content (AvgIpc) is 2.49. The van der Waals surface area contributed by atoms with Gasteiger partial charge in [0.2, 0.25) is 0 Å². The van der Waals surface area contributed by atoms with Crippen molar-refractivity contribution in [3.63, 3.8) is 0 Å². The normalized spacial score (nSPS) is 17.1. The van der Waals surface area contributed by atoms with Gasteiger partial charge in [-0.3, -0.25) is 4.99 Å². The Bertz CT molecular complexity index is 396. The van der Waals surface area contributed by atoms with E-state index in [1.54, 1.807) is 0 Å². The van der Waals surface area contributed by atoms with Gasteiger partial charge in [-0.2, -0.15) is 0 Å². The first kappa shape index (κ1) is 19.6. The number of nitrogens with one attached hydrogen (secondary N) is 1. The Morgan fingerprint density at radius 3 is 2.35 bits per heavy atom. The van der Waals surface area contributed by atoms with E-state index in [4.69, 9.17) is 4.74 Å². The molecule has 6 nitrogen and oxygen atoms in total. The minimum atomic E-state index is -0.438. The van der Waals surface area contributed by atoms with E-state index in [0.717, 1.165) is 45.0 Å². The van der Waals surface area contributed by atoms with E-state index in [1.807, 2.05) is 39.6 Å². The third-order valence-electron chi connectivity index (χ3n) is 3.97. The number of hydrogen-bond donors (Lipinski definition) is 1. The number of piperidine rings is 1. The van der Waals surface area contributed by atoms with Gasteiger partial charge in [0, 0.05) is 39.8 Å². The monoisotopic (exact) mass is 326 g/mol. The van der Waals surface area contributed by atoms with Crippen LogP contribution in [-0.4, -0.2) is 67.2 Å². The molecule has 1 N–H and O–H groups in total. The highest BCUT2D eigenvalue weighted by atomic mass is 16.6. The number of carbonyl (C=O) groups is 1. The summed E-state index contributed by atoms with van der Waals surface area (Å²) in [5.74, 6) is 1.50. The van der Waals surface area contributed by atoms with Gasteiger partial charge >= 0.3 is 6.09 Å². The zero-order valence-electron chi connectivity index (χ0n) is 15.7. The van der Waals surface area contributed by atoms with Gasteiger partial charge in [0.1, 0.15) is 5.60 Å². The molecule has 134 valence electrons. The topological polar surface area (TPSA) is 57.2 Å². The van der Waals surface area contributed by atoms with Crippen molar-refractivity contribution >= 4 is 12.1 Å². The quantitative estimate of drug-likeness (QED) is 0.637. The van der Waals surface area contributed by atoms with E-state index in [-0.39, 0.29) is 6.09 Å². The molecule has 1 heterocycles. The zero-order valence-corrected chi connectivity index (χ0v) is 15.7. The van der Waals surface area contributed by atoms with Gasteiger partial charge < -0.3 is 19.9 Å². The number of hydrogen-bond acceptors (Lipinski definition) is 3. The van der Waals surface area contributed by atoms with Crippen LogP contribution in [0.5, 0.6) is 0 Å². The number of likely N-dealkylation sites (tertiary alicyclic amines) is 1. The van der Waals surface area contributed by atoms with Crippen molar-refractivity contribution in [2.75, 3.05) is 39.8 Å². The Labute approximate surface area is 141 Å². The molecule has 1 rings (SSSR count). The summed E-state index contributed by atoms with van der Waals surface area (Å²) >= 11 is 0. The first-order valence-corrected chi connectivity index (χ1v) is 8.74. The summed E-state index contributed by atoms with van der Waals surface area (Å²) in [6.07, 6.45) is 1.94. The lowest BCUT2D eigenvalue weighted by Crippen LogP contribution is -2.47. The van der Waals surface area contributed by atoms with Crippen LogP contribution in [0.4, 0.5) is 4.79 Å². The van der Waals surface area contributed by atoms with Gasteiger partial charge in [0.25, 0.3) is 0 Å². The molecule has 1 fully saturated rings. The van der Waals surface area contributed by atoms with E-state index < -0.39 is 5.60 Å². The Kier molecular flexibility index (Phi) is 7.65. The molecular weight excluding hydrogens is 292 g/mol. The molecule has 0 atom stereocenters. The zero-order chi connectivity index (χ0) is 17.5. The Hall–Kier alpha value is -1.46. The van der Waals surface area contributed by atoms with Crippen LogP contribution in [0, 0.1) is 5.92 Å². The largest absolute Gasteiger partial charge is 0.444 e. The second-order valence-electron chi connectivity index (χ2n) is 7.03. The highest BCUT2D eigenvalue weighted by Gasteiger charge is 2.26. The Morgan fingerprint density at radius 2 is 1.91 bits per heavy atom. The van der Waals surface area contributed by atoms with Crippen LogP contribution in [0.2, 0.25) is 0 Å². The Morgan fingerprint density at radius 1 is 1.30 bits per heavy atom. The molecule has 1 saturated heterocycles. The van der Waals surface area contributed by atoms with Crippen molar-refractivity contribution < 1.29 is 9.53 Å². The maximum absolute atomic E-state index is 12.2. The molecule has 0 aromatic carbocycles. The van der Waals surface area contributed by atoms with Gasteiger partial charge in [-0.25, -0.2) is 4.79 Å². The van der Waals surface area contributed by atoms with Gasteiger partial charge in [-0.1, -0.05) is 0 Å².